The third-order valence-corrected chi connectivity index (χ3v) is 11.4. The van der Waals surface area contributed by atoms with Crippen LogP contribution in [0.2, 0.25) is 5.02 Å². The van der Waals surface area contributed by atoms with E-state index in [-0.39, 0.29) is 25.0 Å². The molecular formula is C34H37ClN2O5S. The normalized spacial score (nSPS) is 32.0. The molecule has 1 unspecified atom stereocenters. The van der Waals surface area contributed by atoms with Gasteiger partial charge in [-0.2, -0.15) is 0 Å². The summed E-state index contributed by atoms with van der Waals surface area (Å²) in [6.07, 6.45) is 10.9. The van der Waals surface area contributed by atoms with Crippen LogP contribution in [0.4, 0.5) is 5.69 Å². The lowest BCUT2D eigenvalue weighted by atomic mass is 9.74. The van der Waals surface area contributed by atoms with Crippen molar-refractivity contribution in [2.24, 2.45) is 11.8 Å². The van der Waals surface area contributed by atoms with Gasteiger partial charge in [0.15, 0.2) is 0 Å². The summed E-state index contributed by atoms with van der Waals surface area (Å²) in [7, 11) is 0. The number of carbonyl (C=O) groups excluding carboxylic acids is 3. The Bertz CT molecular complexity index is 1460. The van der Waals surface area contributed by atoms with Gasteiger partial charge in [0.05, 0.1) is 46.5 Å². The number of anilines is 1. The van der Waals surface area contributed by atoms with Crippen molar-refractivity contribution in [1.82, 2.24) is 4.90 Å². The third kappa shape index (κ3) is 5.01. The highest BCUT2D eigenvalue weighted by Crippen LogP contribution is 2.65. The molecular weight excluding hydrogens is 584 g/mol. The molecule has 0 bridgehead atoms. The van der Waals surface area contributed by atoms with Crippen molar-refractivity contribution in [2.45, 2.75) is 61.1 Å². The summed E-state index contributed by atoms with van der Waals surface area (Å²) >= 11 is 8.20. The SMILES string of the molecule is Cc1cccc(Cl)c1N1CC=C[C@]23S[C@]4(C)/C=C\CCCCOC(=O)[C@@H]4[C@H]2C(=O)N([C@@H](CO)Cc2ccccc2)C3C1=O. The van der Waals surface area contributed by atoms with Gasteiger partial charge in [-0.05, 0) is 56.7 Å². The predicted molar refractivity (Wildman–Crippen MR) is 169 cm³/mol. The number of benzene rings is 2. The highest BCUT2D eigenvalue weighted by atomic mass is 35.5. The average Bonchev–Trinajstić information content (AvgIpc) is 3.32. The number of fused-ring (bicyclic) bond motifs is 2. The number of carbonyl (C=O) groups is 3. The number of thioether (sulfide) groups is 1. The van der Waals surface area contributed by atoms with Crippen molar-refractivity contribution in [3.63, 3.8) is 0 Å². The van der Waals surface area contributed by atoms with E-state index in [2.05, 4.69) is 6.08 Å². The maximum absolute atomic E-state index is 14.9. The number of amides is 2. The summed E-state index contributed by atoms with van der Waals surface area (Å²) < 4.78 is 3.96. The summed E-state index contributed by atoms with van der Waals surface area (Å²) in [4.78, 5) is 46.8. The Balaban J connectivity index is 1.52. The molecule has 0 aliphatic carbocycles. The number of aliphatic hydroxyl groups is 1. The standard InChI is InChI=1S/C34H37ClN2O5S/c1-22-12-10-15-25(35)28(22)36-18-11-17-34-26(27-32(41)42-19-9-4-3-8-16-33(27,2)43-34)30(39)37(29(34)31(36)40)24(21-38)20-23-13-6-5-7-14-23/h5-8,10-17,24,26-27,29,38H,3-4,9,18-21H2,1-2H3/b16-8-/t24-,26+,27+,29?,33-,34+/m1/s1. The Hall–Kier alpha value is -3.07. The number of para-hydroxylation sites is 1. The lowest BCUT2D eigenvalue weighted by Gasteiger charge is -2.40. The summed E-state index contributed by atoms with van der Waals surface area (Å²) in [5, 5.41) is 11.2. The number of ether oxygens (including phenoxy) is 1. The minimum Gasteiger partial charge on any atom is -0.465 e. The van der Waals surface area contributed by atoms with Crippen molar-refractivity contribution in [1.29, 1.82) is 0 Å². The second-order valence-electron chi connectivity index (χ2n) is 12.1. The van der Waals surface area contributed by atoms with E-state index in [1.54, 1.807) is 15.9 Å². The van der Waals surface area contributed by atoms with Gasteiger partial charge in [0.25, 0.3) is 5.91 Å². The van der Waals surface area contributed by atoms with E-state index < -0.39 is 39.4 Å². The van der Waals surface area contributed by atoms with Gasteiger partial charge < -0.3 is 19.6 Å². The number of aryl methyl sites for hydroxylation is 1. The van der Waals surface area contributed by atoms with Crippen LogP contribution in [0.3, 0.4) is 0 Å². The highest BCUT2D eigenvalue weighted by molar-refractivity contribution is 8.02. The molecule has 0 radical (unpaired) electrons. The number of rotatable bonds is 5. The first-order chi connectivity index (χ1) is 20.7. The maximum Gasteiger partial charge on any atom is 0.311 e. The van der Waals surface area contributed by atoms with Crippen LogP contribution < -0.4 is 4.90 Å². The van der Waals surface area contributed by atoms with E-state index in [0.29, 0.717) is 23.7 Å². The van der Waals surface area contributed by atoms with E-state index in [9.17, 15) is 19.5 Å². The van der Waals surface area contributed by atoms with Crippen LogP contribution in [-0.2, 0) is 25.5 Å². The Morgan fingerprint density at radius 2 is 1.81 bits per heavy atom. The molecule has 4 aliphatic heterocycles. The number of hydrogen-bond acceptors (Lipinski definition) is 6. The smallest absolute Gasteiger partial charge is 0.311 e. The zero-order chi connectivity index (χ0) is 30.4. The molecule has 6 rings (SSSR count). The molecule has 4 heterocycles. The van der Waals surface area contributed by atoms with Crippen LogP contribution in [0.15, 0.2) is 72.8 Å². The Labute approximate surface area is 261 Å². The zero-order valence-corrected chi connectivity index (χ0v) is 26.0. The van der Waals surface area contributed by atoms with Crippen LogP contribution in [0.5, 0.6) is 0 Å². The predicted octanol–water partition coefficient (Wildman–Crippen LogP) is 5.13. The second kappa shape index (κ2) is 11.8. The Morgan fingerprint density at radius 3 is 2.56 bits per heavy atom. The third-order valence-electron chi connectivity index (χ3n) is 9.31. The molecule has 226 valence electrons. The molecule has 2 aromatic rings. The van der Waals surface area contributed by atoms with Crippen LogP contribution in [0, 0.1) is 18.8 Å². The minimum atomic E-state index is -1.06. The van der Waals surface area contributed by atoms with Crippen LogP contribution >= 0.6 is 23.4 Å². The number of allylic oxidation sites excluding steroid dienone is 1. The topological polar surface area (TPSA) is 87.2 Å². The first-order valence-electron chi connectivity index (χ1n) is 15.0. The number of likely N-dealkylation sites (tertiary alicyclic amines) is 1. The molecule has 2 amide bonds. The van der Waals surface area contributed by atoms with Crippen molar-refractivity contribution >= 4 is 46.8 Å². The summed E-state index contributed by atoms with van der Waals surface area (Å²) in [5.41, 5.74) is 2.38. The van der Waals surface area contributed by atoms with E-state index in [0.717, 1.165) is 30.4 Å². The fraction of sp³-hybridized carbons (Fsp3) is 0.441. The van der Waals surface area contributed by atoms with Gasteiger partial charge >= 0.3 is 5.97 Å². The van der Waals surface area contributed by atoms with Gasteiger partial charge in [-0.25, -0.2) is 0 Å². The van der Waals surface area contributed by atoms with E-state index in [1.165, 1.54) is 11.8 Å². The molecule has 7 nitrogen and oxygen atoms in total. The van der Waals surface area contributed by atoms with Gasteiger partial charge in [-0.3, -0.25) is 14.4 Å². The molecule has 2 aromatic carbocycles. The summed E-state index contributed by atoms with van der Waals surface area (Å²) in [6.45, 7) is 4.12. The van der Waals surface area contributed by atoms with E-state index in [4.69, 9.17) is 16.3 Å². The van der Waals surface area contributed by atoms with E-state index >= 15 is 0 Å². The maximum atomic E-state index is 14.9. The molecule has 1 spiro atoms. The number of cyclic esters (lactones) is 1. The molecule has 43 heavy (non-hydrogen) atoms. The van der Waals surface area contributed by atoms with Crippen LogP contribution in [0.1, 0.15) is 37.3 Å². The fourth-order valence-electron chi connectivity index (χ4n) is 7.43. The van der Waals surface area contributed by atoms with Crippen LogP contribution in [0.25, 0.3) is 0 Å². The van der Waals surface area contributed by atoms with Crippen molar-refractivity contribution in [3.8, 4) is 0 Å². The van der Waals surface area contributed by atoms with Gasteiger partial charge in [0.2, 0.25) is 5.91 Å². The van der Waals surface area contributed by atoms with Gasteiger partial charge in [0.1, 0.15) is 6.04 Å². The molecule has 0 saturated carbocycles. The molecule has 1 N–H and O–H groups in total. The van der Waals surface area contributed by atoms with Crippen LogP contribution in [-0.4, -0.2) is 69.1 Å². The Morgan fingerprint density at radius 1 is 1.02 bits per heavy atom. The number of nitrogens with zero attached hydrogens (tertiary/aromatic N) is 2. The quantitative estimate of drug-likeness (QED) is 0.369. The number of hydrogen-bond donors (Lipinski definition) is 1. The molecule has 2 saturated heterocycles. The molecule has 6 atom stereocenters. The first-order valence-corrected chi connectivity index (χ1v) is 16.2. The molecule has 0 aromatic heterocycles. The van der Waals surface area contributed by atoms with Gasteiger partial charge in [-0.15, -0.1) is 11.8 Å². The lowest BCUT2D eigenvalue weighted by Crippen LogP contribution is -2.57. The van der Waals surface area contributed by atoms with Crippen molar-refractivity contribution < 1.29 is 24.2 Å². The van der Waals surface area contributed by atoms with Crippen molar-refractivity contribution in [2.75, 3.05) is 24.7 Å². The molecule has 4 aliphatic rings. The Kier molecular flexibility index (Phi) is 8.22. The molecule has 2 fully saturated rings. The second-order valence-corrected chi connectivity index (χ2v) is 14.3. The number of aliphatic hydroxyl groups excluding tert-OH is 1. The summed E-state index contributed by atoms with van der Waals surface area (Å²) in [5.74, 6) is -2.64. The number of halogens is 1. The fourth-order valence-corrected chi connectivity index (χ4v) is 9.90. The summed E-state index contributed by atoms with van der Waals surface area (Å²) in [6, 6.07) is 13.5. The van der Waals surface area contributed by atoms with Crippen molar-refractivity contribution in [3.05, 3.63) is 89.0 Å². The zero-order valence-electron chi connectivity index (χ0n) is 24.4. The lowest BCUT2D eigenvalue weighted by molar-refractivity contribution is -0.154. The number of esters is 1. The van der Waals surface area contributed by atoms with E-state index in [1.807, 2.05) is 74.5 Å². The first kappa shape index (κ1) is 30.0. The van der Waals surface area contributed by atoms with Gasteiger partial charge in [0, 0.05) is 11.3 Å². The highest BCUT2D eigenvalue weighted by Gasteiger charge is 2.74. The average molecular weight is 621 g/mol. The largest absolute Gasteiger partial charge is 0.465 e. The monoisotopic (exact) mass is 620 g/mol. The molecule has 9 heteroatoms. The minimum absolute atomic E-state index is 0.265. The van der Waals surface area contributed by atoms with Gasteiger partial charge in [-0.1, -0.05) is 78.4 Å².